The van der Waals surface area contributed by atoms with Crippen molar-refractivity contribution < 1.29 is 0 Å². The van der Waals surface area contributed by atoms with Gasteiger partial charge in [0.1, 0.15) is 17.4 Å². The Morgan fingerprint density at radius 2 is 2.00 bits per heavy atom. The van der Waals surface area contributed by atoms with Gasteiger partial charge >= 0.3 is 0 Å². The zero-order valence-electron chi connectivity index (χ0n) is 11.2. The van der Waals surface area contributed by atoms with E-state index in [0.717, 1.165) is 28.7 Å². The molecule has 102 valence electrons. The van der Waals surface area contributed by atoms with Crippen LogP contribution in [0.4, 0.5) is 0 Å². The predicted molar refractivity (Wildman–Crippen MR) is 78.5 cm³/mol. The average Bonchev–Trinajstić information content (AvgIpc) is 3.37. The first-order valence-electron chi connectivity index (χ1n) is 7.29. The van der Waals surface area contributed by atoms with Gasteiger partial charge in [-0.2, -0.15) is 5.26 Å². The SMILES string of the molecule is N#Cc1cccc2c1nc(CCl)n2C(C1CC1)C1CC1. The molecule has 1 heterocycles. The van der Waals surface area contributed by atoms with E-state index in [1.807, 2.05) is 12.1 Å². The van der Waals surface area contributed by atoms with E-state index in [2.05, 4.69) is 21.7 Å². The lowest BCUT2D eigenvalue weighted by molar-refractivity contribution is 0.396. The molecule has 3 nitrogen and oxygen atoms in total. The van der Waals surface area contributed by atoms with Gasteiger partial charge in [-0.3, -0.25) is 0 Å². The molecule has 0 spiro atoms. The summed E-state index contributed by atoms with van der Waals surface area (Å²) in [6, 6.07) is 8.66. The van der Waals surface area contributed by atoms with Gasteiger partial charge < -0.3 is 4.57 Å². The smallest absolute Gasteiger partial charge is 0.125 e. The van der Waals surface area contributed by atoms with E-state index >= 15 is 0 Å². The lowest BCUT2D eigenvalue weighted by atomic mass is 10.1. The standard InChI is InChI=1S/C16H16ClN3/c17-8-14-19-15-12(9-18)2-1-3-13(15)20(14)16(10-4-5-10)11-6-7-11/h1-3,10-11,16H,4-8H2. The molecule has 2 saturated carbocycles. The van der Waals surface area contributed by atoms with Crippen LogP contribution in [0.3, 0.4) is 0 Å². The molecule has 0 radical (unpaired) electrons. The minimum Gasteiger partial charge on any atom is -0.323 e. The molecule has 2 aromatic rings. The summed E-state index contributed by atoms with van der Waals surface area (Å²) in [5, 5.41) is 9.26. The maximum absolute atomic E-state index is 9.26. The fourth-order valence-electron chi connectivity index (χ4n) is 3.36. The number of nitriles is 1. The highest BCUT2D eigenvalue weighted by Crippen LogP contribution is 2.53. The van der Waals surface area contributed by atoms with Crippen molar-refractivity contribution in [1.29, 1.82) is 5.26 Å². The quantitative estimate of drug-likeness (QED) is 0.797. The van der Waals surface area contributed by atoms with Crippen molar-refractivity contribution in [3.05, 3.63) is 29.6 Å². The summed E-state index contributed by atoms with van der Waals surface area (Å²) < 4.78 is 2.35. The molecule has 0 atom stereocenters. The molecule has 1 aromatic heterocycles. The van der Waals surface area contributed by atoms with Gasteiger partial charge in [0, 0.05) is 6.04 Å². The molecule has 2 aliphatic carbocycles. The van der Waals surface area contributed by atoms with Crippen molar-refractivity contribution in [3.8, 4) is 6.07 Å². The van der Waals surface area contributed by atoms with Crippen LogP contribution in [0.15, 0.2) is 18.2 Å². The minimum absolute atomic E-state index is 0.412. The van der Waals surface area contributed by atoms with Gasteiger partial charge in [0.2, 0.25) is 0 Å². The topological polar surface area (TPSA) is 41.6 Å². The molecule has 0 unspecified atom stereocenters. The number of nitrogens with zero attached hydrogens (tertiary/aromatic N) is 3. The summed E-state index contributed by atoms with van der Waals surface area (Å²) in [7, 11) is 0. The Labute approximate surface area is 123 Å². The van der Waals surface area contributed by atoms with Gasteiger partial charge in [0.15, 0.2) is 0 Å². The van der Waals surface area contributed by atoms with Crippen LogP contribution in [-0.4, -0.2) is 9.55 Å². The number of para-hydroxylation sites is 1. The first kappa shape index (κ1) is 12.2. The second-order valence-corrected chi connectivity index (χ2v) is 6.25. The number of hydrogen-bond acceptors (Lipinski definition) is 2. The maximum Gasteiger partial charge on any atom is 0.125 e. The lowest BCUT2D eigenvalue weighted by Gasteiger charge is -2.21. The number of imidazole rings is 1. The molecule has 0 bridgehead atoms. The van der Waals surface area contributed by atoms with Crippen molar-refractivity contribution in [1.82, 2.24) is 9.55 Å². The van der Waals surface area contributed by atoms with E-state index in [4.69, 9.17) is 11.6 Å². The van der Waals surface area contributed by atoms with E-state index < -0.39 is 0 Å². The average molecular weight is 286 g/mol. The van der Waals surface area contributed by atoms with Gasteiger partial charge in [-0.25, -0.2) is 4.98 Å². The van der Waals surface area contributed by atoms with Gasteiger partial charge in [0.25, 0.3) is 0 Å². The van der Waals surface area contributed by atoms with Crippen LogP contribution >= 0.6 is 11.6 Å². The van der Waals surface area contributed by atoms with Crippen LogP contribution in [0, 0.1) is 23.2 Å². The summed E-state index contributed by atoms with van der Waals surface area (Å²) in [5.74, 6) is 2.91. The Kier molecular flexibility index (Phi) is 2.75. The van der Waals surface area contributed by atoms with Crippen LogP contribution in [0.25, 0.3) is 11.0 Å². The fourth-order valence-corrected chi connectivity index (χ4v) is 3.55. The molecule has 2 fully saturated rings. The molecule has 0 saturated heterocycles. The largest absolute Gasteiger partial charge is 0.323 e. The van der Waals surface area contributed by atoms with Gasteiger partial charge in [0.05, 0.1) is 17.0 Å². The number of fused-ring (bicyclic) bond motifs is 1. The van der Waals surface area contributed by atoms with Crippen molar-refractivity contribution >= 4 is 22.6 Å². The highest BCUT2D eigenvalue weighted by Gasteiger charge is 2.43. The van der Waals surface area contributed by atoms with E-state index in [9.17, 15) is 5.26 Å². The Bertz CT molecular complexity index is 692. The Hall–Kier alpha value is -1.53. The zero-order chi connectivity index (χ0) is 13.7. The summed E-state index contributed by atoms with van der Waals surface area (Å²) in [4.78, 5) is 4.65. The third kappa shape index (κ3) is 1.83. The van der Waals surface area contributed by atoms with Gasteiger partial charge in [-0.1, -0.05) is 6.07 Å². The summed E-state index contributed by atoms with van der Waals surface area (Å²) >= 11 is 6.13. The van der Waals surface area contributed by atoms with Crippen molar-refractivity contribution in [2.45, 2.75) is 37.6 Å². The summed E-state index contributed by atoms with van der Waals surface area (Å²) in [6.45, 7) is 0. The van der Waals surface area contributed by atoms with Crippen molar-refractivity contribution in [2.75, 3.05) is 0 Å². The maximum atomic E-state index is 9.26. The number of benzene rings is 1. The minimum atomic E-state index is 0.412. The number of aromatic nitrogens is 2. The van der Waals surface area contributed by atoms with E-state index in [1.54, 1.807) is 0 Å². The van der Waals surface area contributed by atoms with Crippen molar-refractivity contribution in [3.63, 3.8) is 0 Å². The second-order valence-electron chi connectivity index (χ2n) is 5.98. The van der Waals surface area contributed by atoms with E-state index in [0.29, 0.717) is 17.5 Å². The van der Waals surface area contributed by atoms with E-state index in [-0.39, 0.29) is 0 Å². The molecule has 0 amide bonds. The molecule has 0 N–H and O–H groups in total. The van der Waals surface area contributed by atoms with Crippen LogP contribution in [0.5, 0.6) is 0 Å². The first-order chi connectivity index (χ1) is 9.83. The monoisotopic (exact) mass is 285 g/mol. The molecule has 4 rings (SSSR count). The zero-order valence-corrected chi connectivity index (χ0v) is 12.0. The molecular formula is C16H16ClN3. The number of halogens is 1. The predicted octanol–water partition coefficient (Wildman–Crippen LogP) is 4.01. The Morgan fingerprint density at radius 3 is 2.55 bits per heavy atom. The third-order valence-electron chi connectivity index (χ3n) is 4.54. The Balaban J connectivity index is 1.94. The normalized spacial score (nSPS) is 18.6. The second kappa shape index (κ2) is 4.49. The first-order valence-corrected chi connectivity index (χ1v) is 7.83. The van der Waals surface area contributed by atoms with Gasteiger partial charge in [-0.05, 0) is 49.7 Å². The lowest BCUT2D eigenvalue weighted by Crippen LogP contribution is -2.15. The number of rotatable bonds is 4. The van der Waals surface area contributed by atoms with Crippen molar-refractivity contribution in [2.24, 2.45) is 11.8 Å². The third-order valence-corrected chi connectivity index (χ3v) is 4.78. The van der Waals surface area contributed by atoms with Crippen LogP contribution in [-0.2, 0) is 5.88 Å². The van der Waals surface area contributed by atoms with Crippen LogP contribution in [0.2, 0.25) is 0 Å². The van der Waals surface area contributed by atoms with Crippen LogP contribution < -0.4 is 0 Å². The van der Waals surface area contributed by atoms with E-state index in [1.165, 1.54) is 25.7 Å². The van der Waals surface area contributed by atoms with Crippen LogP contribution in [0.1, 0.15) is 43.1 Å². The number of hydrogen-bond donors (Lipinski definition) is 0. The summed E-state index contributed by atoms with van der Waals surface area (Å²) in [5.41, 5.74) is 2.55. The highest BCUT2D eigenvalue weighted by molar-refractivity contribution is 6.16. The molecule has 2 aliphatic rings. The van der Waals surface area contributed by atoms with Gasteiger partial charge in [-0.15, -0.1) is 11.6 Å². The molecule has 0 aliphatic heterocycles. The summed E-state index contributed by atoms with van der Waals surface area (Å²) in [6.07, 6.45) is 5.28. The molecule has 1 aromatic carbocycles. The highest BCUT2D eigenvalue weighted by atomic mass is 35.5. The fraction of sp³-hybridized carbons (Fsp3) is 0.500. The molecule has 20 heavy (non-hydrogen) atoms. The Morgan fingerprint density at radius 1 is 1.30 bits per heavy atom. The molecule has 4 heteroatoms. The molecular weight excluding hydrogens is 270 g/mol. The number of alkyl halides is 1.